The Hall–Kier alpha value is -1.94. The Morgan fingerprint density at radius 3 is 0.731 bits per heavy atom. The molecular weight excluding hydrogens is 1220 g/mol. The molecule has 0 amide bonds. The average molecular weight is 1370 g/mol. The third-order valence-electron chi connectivity index (χ3n) is 17.3. The summed E-state index contributed by atoms with van der Waals surface area (Å²) in [4.78, 5) is 72.7. The number of carbonyl (C=O) groups excluding carboxylic acids is 4. The number of carbonyl (C=O) groups is 4. The molecule has 552 valence electrons. The van der Waals surface area contributed by atoms with Crippen LogP contribution >= 0.6 is 15.6 Å². The number of rotatable bonds is 74. The standard InChI is InChI=1S/C74H144O17P2/c1-6-9-12-15-18-21-24-26-28-33-38-43-48-53-58-72(77)85-64-70(91-74(79)60-55-50-45-40-35-30-29-32-36-41-46-51-56-67(4)5)66-89-93(82,83)87-62-68(75)61-86-92(80,81)88-65-69(63-84-71(76)57-52-47-42-37-31-23-20-17-14-11-8-3)90-73(78)59-54-49-44-39-34-27-25-22-19-16-13-10-7-2/h67-70,75H,6-66H2,1-5H3,(H,80,81)(H,82,83)/t68-,69+,70+/m0/s1. The molecule has 0 aliphatic carbocycles. The lowest BCUT2D eigenvalue weighted by atomic mass is 10.0. The maximum absolute atomic E-state index is 13.1. The number of aliphatic hydroxyl groups is 1. The monoisotopic (exact) mass is 1370 g/mol. The Morgan fingerprint density at radius 1 is 0.290 bits per heavy atom. The van der Waals surface area contributed by atoms with Gasteiger partial charge in [-0.05, 0) is 31.6 Å². The molecule has 2 unspecified atom stereocenters. The fraction of sp³-hybridized carbons (Fsp3) is 0.946. The molecule has 0 radical (unpaired) electrons. The number of phosphoric ester groups is 2. The summed E-state index contributed by atoms with van der Waals surface area (Å²) in [5.41, 5.74) is 0. The molecule has 0 aromatic rings. The van der Waals surface area contributed by atoms with E-state index in [0.29, 0.717) is 25.7 Å². The zero-order valence-corrected chi connectivity index (χ0v) is 62.2. The van der Waals surface area contributed by atoms with Crippen molar-refractivity contribution >= 4 is 39.5 Å². The van der Waals surface area contributed by atoms with Crippen LogP contribution < -0.4 is 0 Å². The van der Waals surface area contributed by atoms with Gasteiger partial charge in [0, 0.05) is 25.7 Å². The van der Waals surface area contributed by atoms with Crippen molar-refractivity contribution in [2.24, 2.45) is 5.92 Å². The number of ether oxygens (including phenoxy) is 4. The molecule has 0 saturated carbocycles. The Labute approximate surface area is 568 Å². The lowest BCUT2D eigenvalue weighted by Crippen LogP contribution is -2.30. The maximum Gasteiger partial charge on any atom is 0.472 e. The van der Waals surface area contributed by atoms with Gasteiger partial charge in [-0.15, -0.1) is 0 Å². The van der Waals surface area contributed by atoms with Crippen molar-refractivity contribution in [3.63, 3.8) is 0 Å². The van der Waals surface area contributed by atoms with E-state index in [4.69, 9.17) is 37.0 Å². The van der Waals surface area contributed by atoms with Crippen LogP contribution in [0.25, 0.3) is 0 Å². The minimum absolute atomic E-state index is 0.108. The van der Waals surface area contributed by atoms with Crippen LogP contribution in [0.2, 0.25) is 0 Å². The van der Waals surface area contributed by atoms with Crippen LogP contribution in [0.15, 0.2) is 0 Å². The van der Waals surface area contributed by atoms with Crippen molar-refractivity contribution in [3.05, 3.63) is 0 Å². The fourth-order valence-electron chi connectivity index (χ4n) is 11.4. The van der Waals surface area contributed by atoms with Gasteiger partial charge >= 0.3 is 39.5 Å². The van der Waals surface area contributed by atoms with Crippen molar-refractivity contribution in [2.75, 3.05) is 39.6 Å². The summed E-state index contributed by atoms with van der Waals surface area (Å²) in [6.45, 7) is 7.29. The second-order valence-corrected chi connectivity index (χ2v) is 30.1. The van der Waals surface area contributed by atoms with Gasteiger partial charge in [0.1, 0.15) is 19.3 Å². The summed E-state index contributed by atoms with van der Waals surface area (Å²) < 4.78 is 68.5. The molecule has 0 heterocycles. The van der Waals surface area contributed by atoms with E-state index in [1.54, 1.807) is 0 Å². The van der Waals surface area contributed by atoms with Crippen molar-refractivity contribution in [1.82, 2.24) is 0 Å². The van der Waals surface area contributed by atoms with E-state index in [0.717, 1.165) is 95.8 Å². The summed E-state index contributed by atoms with van der Waals surface area (Å²) in [5.74, 6) is -1.34. The summed E-state index contributed by atoms with van der Waals surface area (Å²) in [6.07, 6.45) is 55.2. The van der Waals surface area contributed by atoms with Gasteiger partial charge in [-0.2, -0.15) is 0 Å². The van der Waals surface area contributed by atoms with Crippen molar-refractivity contribution < 1.29 is 80.2 Å². The van der Waals surface area contributed by atoms with Gasteiger partial charge in [0.25, 0.3) is 0 Å². The summed E-state index contributed by atoms with van der Waals surface area (Å²) in [6, 6.07) is 0. The van der Waals surface area contributed by atoms with Gasteiger partial charge in [0.15, 0.2) is 12.2 Å². The van der Waals surface area contributed by atoms with E-state index in [2.05, 4.69) is 34.6 Å². The highest BCUT2D eigenvalue weighted by Crippen LogP contribution is 2.45. The van der Waals surface area contributed by atoms with Crippen LogP contribution in [0, 0.1) is 5.92 Å². The quantitative estimate of drug-likeness (QED) is 0.0222. The zero-order valence-electron chi connectivity index (χ0n) is 60.4. The van der Waals surface area contributed by atoms with Crippen LogP contribution in [0.4, 0.5) is 0 Å². The van der Waals surface area contributed by atoms with Crippen LogP contribution in [-0.4, -0.2) is 96.7 Å². The molecule has 0 rings (SSSR count). The minimum atomic E-state index is -4.95. The highest BCUT2D eigenvalue weighted by molar-refractivity contribution is 7.47. The number of phosphoric acid groups is 2. The molecular formula is C74H144O17P2. The topological polar surface area (TPSA) is 237 Å². The molecule has 0 aliphatic rings. The van der Waals surface area contributed by atoms with Gasteiger partial charge in [-0.1, -0.05) is 336 Å². The van der Waals surface area contributed by atoms with E-state index in [1.165, 1.54) is 212 Å². The summed E-state index contributed by atoms with van der Waals surface area (Å²) in [5, 5.41) is 10.6. The number of aliphatic hydroxyl groups excluding tert-OH is 1. The fourth-order valence-corrected chi connectivity index (χ4v) is 12.9. The first kappa shape index (κ1) is 91.1. The predicted octanol–water partition coefficient (Wildman–Crippen LogP) is 21.7. The number of unbranched alkanes of at least 4 members (excludes halogenated alkanes) is 46. The van der Waals surface area contributed by atoms with Gasteiger partial charge in [0.05, 0.1) is 26.4 Å². The summed E-state index contributed by atoms with van der Waals surface area (Å²) >= 11 is 0. The van der Waals surface area contributed by atoms with Gasteiger partial charge in [0.2, 0.25) is 0 Å². The highest BCUT2D eigenvalue weighted by atomic mass is 31.2. The second kappa shape index (κ2) is 67.3. The Balaban J connectivity index is 5.26. The maximum atomic E-state index is 13.1. The molecule has 19 heteroatoms. The molecule has 0 bridgehead atoms. The molecule has 0 spiro atoms. The van der Waals surface area contributed by atoms with Crippen molar-refractivity contribution in [1.29, 1.82) is 0 Å². The SMILES string of the molecule is CCCCCCCCCCCCCCCCC(=O)OC[C@H](COP(=O)(O)OC[C@@H](O)COP(=O)(O)OC[C@@H](COC(=O)CCCCCCCCCCCCC)OC(=O)CCCCCCCCCCCCCCC)OC(=O)CCCCCCCCCCCCCCC(C)C. The molecule has 0 aliphatic heterocycles. The van der Waals surface area contributed by atoms with E-state index < -0.39 is 97.5 Å². The third kappa shape index (κ3) is 68.4. The largest absolute Gasteiger partial charge is 0.472 e. The van der Waals surface area contributed by atoms with E-state index in [9.17, 15) is 43.2 Å². The lowest BCUT2D eigenvalue weighted by molar-refractivity contribution is -0.161. The average Bonchev–Trinajstić information content (AvgIpc) is 3.74. The molecule has 93 heavy (non-hydrogen) atoms. The third-order valence-corrected chi connectivity index (χ3v) is 19.2. The molecule has 0 fully saturated rings. The first-order chi connectivity index (χ1) is 45.0. The van der Waals surface area contributed by atoms with Crippen LogP contribution in [0.3, 0.4) is 0 Å². The molecule has 0 aromatic carbocycles. The zero-order chi connectivity index (χ0) is 68.4. The van der Waals surface area contributed by atoms with E-state index in [1.807, 2.05) is 0 Å². The lowest BCUT2D eigenvalue weighted by Gasteiger charge is -2.21. The molecule has 0 saturated heterocycles. The normalized spacial score (nSPS) is 14.0. The van der Waals surface area contributed by atoms with Crippen molar-refractivity contribution in [3.8, 4) is 0 Å². The second-order valence-electron chi connectivity index (χ2n) is 27.2. The smallest absolute Gasteiger partial charge is 0.462 e. The van der Waals surface area contributed by atoms with Crippen LogP contribution in [0.1, 0.15) is 388 Å². The number of hydrogen-bond acceptors (Lipinski definition) is 15. The van der Waals surface area contributed by atoms with Gasteiger partial charge in [-0.25, -0.2) is 9.13 Å². The summed E-state index contributed by atoms with van der Waals surface area (Å²) in [7, 11) is -9.91. The van der Waals surface area contributed by atoms with Gasteiger partial charge < -0.3 is 33.8 Å². The highest BCUT2D eigenvalue weighted by Gasteiger charge is 2.30. The van der Waals surface area contributed by atoms with Crippen molar-refractivity contribution in [2.45, 2.75) is 406 Å². The Morgan fingerprint density at radius 2 is 0.495 bits per heavy atom. The van der Waals surface area contributed by atoms with E-state index in [-0.39, 0.29) is 25.7 Å². The molecule has 0 aromatic heterocycles. The molecule has 5 atom stereocenters. The Bertz CT molecular complexity index is 1790. The first-order valence-corrected chi connectivity index (χ1v) is 41.6. The first-order valence-electron chi connectivity index (χ1n) is 38.6. The molecule has 17 nitrogen and oxygen atoms in total. The number of esters is 4. The Kier molecular flexibility index (Phi) is 65.9. The minimum Gasteiger partial charge on any atom is -0.462 e. The number of hydrogen-bond donors (Lipinski definition) is 3. The van der Waals surface area contributed by atoms with E-state index >= 15 is 0 Å². The van der Waals surface area contributed by atoms with Crippen LogP contribution in [0.5, 0.6) is 0 Å². The molecule has 3 N–H and O–H groups in total. The van der Waals surface area contributed by atoms with Crippen LogP contribution in [-0.2, 0) is 65.4 Å². The van der Waals surface area contributed by atoms with Gasteiger partial charge in [-0.3, -0.25) is 37.3 Å². The predicted molar refractivity (Wildman–Crippen MR) is 377 cm³/mol.